The highest BCUT2D eigenvalue weighted by atomic mass is 16.3. The minimum absolute atomic E-state index is 0.255. The van der Waals surface area contributed by atoms with Gasteiger partial charge in [0.05, 0.1) is 0 Å². The molecule has 1 aromatic rings. The van der Waals surface area contributed by atoms with Crippen molar-refractivity contribution in [3.05, 3.63) is 12.4 Å². The van der Waals surface area contributed by atoms with E-state index in [1.807, 2.05) is 6.20 Å². The highest BCUT2D eigenvalue weighted by Gasteiger charge is 2.03. The summed E-state index contributed by atoms with van der Waals surface area (Å²) in [5.74, 6) is 1.39. The number of hydrogen-bond acceptors (Lipinski definition) is 3. The third kappa shape index (κ3) is 3.03. The molecule has 0 amide bonds. The van der Waals surface area contributed by atoms with Crippen molar-refractivity contribution in [2.45, 2.75) is 26.8 Å². The van der Waals surface area contributed by atoms with Gasteiger partial charge in [-0.15, -0.1) is 0 Å². The zero-order valence-electron chi connectivity index (χ0n) is 8.90. The van der Waals surface area contributed by atoms with Gasteiger partial charge in [0.15, 0.2) is 0 Å². The monoisotopic (exact) mass is 197 g/mol. The third-order valence-electron chi connectivity index (χ3n) is 2.29. The first-order valence-electron chi connectivity index (χ1n) is 5.13. The first-order valence-corrected chi connectivity index (χ1v) is 5.13. The normalized spacial score (nSPS) is 12.8. The minimum Gasteiger partial charge on any atom is -0.396 e. The Labute approximate surface area is 85.0 Å². The number of hydrogen-bond donors (Lipinski definition) is 2. The number of anilines is 1. The summed E-state index contributed by atoms with van der Waals surface area (Å²) in [4.78, 5) is 4.21. The lowest BCUT2D eigenvalue weighted by atomic mass is 10.1. The molecule has 2 N–H and O–H groups in total. The van der Waals surface area contributed by atoms with Crippen LogP contribution in [0, 0.1) is 5.92 Å². The molecule has 0 aliphatic rings. The second kappa shape index (κ2) is 5.65. The SMILES string of the molecule is CCn1ccnc1NCC(C)CCO. The summed E-state index contributed by atoms with van der Waals surface area (Å²) in [6.07, 6.45) is 4.58. The van der Waals surface area contributed by atoms with Gasteiger partial charge in [-0.2, -0.15) is 0 Å². The zero-order valence-corrected chi connectivity index (χ0v) is 8.90. The molecule has 4 nitrogen and oxygen atoms in total. The number of nitrogens with zero attached hydrogens (tertiary/aromatic N) is 2. The summed E-state index contributed by atoms with van der Waals surface area (Å²) in [5, 5.41) is 12.0. The van der Waals surface area contributed by atoms with Crippen LogP contribution < -0.4 is 5.32 Å². The average molecular weight is 197 g/mol. The van der Waals surface area contributed by atoms with E-state index < -0.39 is 0 Å². The van der Waals surface area contributed by atoms with Gasteiger partial charge >= 0.3 is 0 Å². The number of nitrogens with one attached hydrogen (secondary N) is 1. The molecule has 1 unspecified atom stereocenters. The highest BCUT2D eigenvalue weighted by Crippen LogP contribution is 2.06. The summed E-state index contributed by atoms with van der Waals surface area (Å²) < 4.78 is 2.06. The van der Waals surface area contributed by atoms with Gasteiger partial charge in [0.1, 0.15) is 0 Å². The molecular weight excluding hydrogens is 178 g/mol. The predicted octanol–water partition coefficient (Wildman–Crippen LogP) is 1.33. The summed E-state index contributed by atoms with van der Waals surface area (Å²) in [6, 6.07) is 0. The topological polar surface area (TPSA) is 50.1 Å². The van der Waals surface area contributed by atoms with Gasteiger partial charge < -0.3 is 15.0 Å². The molecule has 1 rings (SSSR count). The van der Waals surface area contributed by atoms with E-state index in [2.05, 4.69) is 28.7 Å². The molecule has 0 aromatic carbocycles. The number of aromatic nitrogens is 2. The van der Waals surface area contributed by atoms with Crippen LogP contribution in [0.15, 0.2) is 12.4 Å². The van der Waals surface area contributed by atoms with Gasteiger partial charge in [-0.05, 0) is 19.3 Å². The highest BCUT2D eigenvalue weighted by molar-refractivity contribution is 5.25. The molecule has 0 spiro atoms. The molecule has 4 heteroatoms. The van der Waals surface area contributed by atoms with Crippen molar-refractivity contribution in [2.75, 3.05) is 18.5 Å². The Bertz CT molecular complexity index is 260. The average Bonchev–Trinajstić information content (AvgIpc) is 2.62. The maximum atomic E-state index is 8.75. The molecule has 1 aromatic heterocycles. The Morgan fingerprint density at radius 1 is 1.64 bits per heavy atom. The van der Waals surface area contributed by atoms with Crippen molar-refractivity contribution in [1.29, 1.82) is 0 Å². The number of aliphatic hydroxyl groups excluding tert-OH is 1. The van der Waals surface area contributed by atoms with Gasteiger partial charge in [-0.3, -0.25) is 0 Å². The molecular formula is C10H19N3O. The van der Waals surface area contributed by atoms with Crippen LogP contribution in [0.1, 0.15) is 20.3 Å². The van der Waals surface area contributed by atoms with E-state index in [0.29, 0.717) is 5.92 Å². The van der Waals surface area contributed by atoms with Crippen LogP contribution in [0.3, 0.4) is 0 Å². The second-order valence-electron chi connectivity index (χ2n) is 3.54. The maximum absolute atomic E-state index is 8.75. The molecule has 0 fully saturated rings. The molecule has 0 bridgehead atoms. The fraction of sp³-hybridized carbons (Fsp3) is 0.700. The van der Waals surface area contributed by atoms with Crippen LogP contribution >= 0.6 is 0 Å². The Hall–Kier alpha value is -1.03. The van der Waals surface area contributed by atoms with Gasteiger partial charge in [0.2, 0.25) is 5.95 Å². The van der Waals surface area contributed by atoms with Crippen LogP contribution in [0.4, 0.5) is 5.95 Å². The first-order chi connectivity index (χ1) is 6.77. The van der Waals surface area contributed by atoms with E-state index in [4.69, 9.17) is 5.11 Å². The summed E-state index contributed by atoms with van der Waals surface area (Å²) in [7, 11) is 0. The molecule has 0 saturated heterocycles. The molecule has 0 radical (unpaired) electrons. The molecule has 14 heavy (non-hydrogen) atoms. The molecule has 0 aliphatic carbocycles. The van der Waals surface area contributed by atoms with Crippen molar-refractivity contribution in [3.63, 3.8) is 0 Å². The van der Waals surface area contributed by atoms with Gasteiger partial charge in [0, 0.05) is 32.1 Å². The lowest BCUT2D eigenvalue weighted by molar-refractivity contribution is 0.265. The standard InChI is InChI=1S/C10H19N3O/c1-3-13-6-5-11-10(13)12-8-9(2)4-7-14/h5-6,9,14H,3-4,7-8H2,1-2H3,(H,11,12). The van der Waals surface area contributed by atoms with E-state index >= 15 is 0 Å². The number of rotatable bonds is 6. The fourth-order valence-electron chi connectivity index (χ4n) is 1.32. The Morgan fingerprint density at radius 3 is 3.07 bits per heavy atom. The smallest absolute Gasteiger partial charge is 0.202 e. The van der Waals surface area contributed by atoms with E-state index in [1.54, 1.807) is 6.20 Å². The summed E-state index contributed by atoms with van der Waals surface area (Å²) in [6.45, 7) is 6.24. The van der Waals surface area contributed by atoms with Crippen molar-refractivity contribution in [2.24, 2.45) is 5.92 Å². The van der Waals surface area contributed by atoms with Crippen molar-refractivity contribution >= 4 is 5.95 Å². The molecule has 1 heterocycles. The Morgan fingerprint density at radius 2 is 2.43 bits per heavy atom. The predicted molar refractivity (Wildman–Crippen MR) is 57.3 cm³/mol. The first kappa shape index (κ1) is 11.0. The number of aryl methyl sites for hydroxylation is 1. The van der Waals surface area contributed by atoms with Crippen LogP contribution in [0.2, 0.25) is 0 Å². The lowest BCUT2D eigenvalue weighted by Crippen LogP contribution is -2.15. The van der Waals surface area contributed by atoms with Crippen LogP contribution in [0.25, 0.3) is 0 Å². The van der Waals surface area contributed by atoms with Gasteiger partial charge in [-0.1, -0.05) is 6.92 Å². The third-order valence-corrected chi connectivity index (χ3v) is 2.29. The van der Waals surface area contributed by atoms with E-state index in [1.165, 1.54) is 0 Å². The summed E-state index contributed by atoms with van der Waals surface area (Å²) in [5.41, 5.74) is 0. The Kier molecular flexibility index (Phi) is 4.46. The van der Waals surface area contributed by atoms with Crippen LogP contribution in [0.5, 0.6) is 0 Å². The minimum atomic E-state index is 0.255. The van der Waals surface area contributed by atoms with Crippen LogP contribution in [-0.2, 0) is 6.54 Å². The largest absolute Gasteiger partial charge is 0.396 e. The second-order valence-corrected chi connectivity index (χ2v) is 3.54. The lowest BCUT2D eigenvalue weighted by Gasteiger charge is -2.12. The molecule has 0 aliphatic heterocycles. The van der Waals surface area contributed by atoms with Crippen molar-refractivity contribution < 1.29 is 5.11 Å². The molecule has 1 atom stereocenters. The number of aliphatic hydroxyl groups is 1. The van der Waals surface area contributed by atoms with Crippen LogP contribution in [-0.4, -0.2) is 27.8 Å². The zero-order chi connectivity index (χ0) is 10.4. The maximum Gasteiger partial charge on any atom is 0.202 e. The van der Waals surface area contributed by atoms with E-state index in [9.17, 15) is 0 Å². The van der Waals surface area contributed by atoms with Gasteiger partial charge in [0.25, 0.3) is 0 Å². The van der Waals surface area contributed by atoms with E-state index in [-0.39, 0.29) is 6.61 Å². The number of imidazole rings is 1. The fourth-order valence-corrected chi connectivity index (χ4v) is 1.32. The van der Waals surface area contributed by atoms with Gasteiger partial charge in [-0.25, -0.2) is 4.98 Å². The molecule has 0 saturated carbocycles. The van der Waals surface area contributed by atoms with E-state index in [0.717, 1.165) is 25.5 Å². The Balaban J connectivity index is 2.37. The summed E-state index contributed by atoms with van der Waals surface area (Å²) >= 11 is 0. The van der Waals surface area contributed by atoms with Crippen molar-refractivity contribution in [1.82, 2.24) is 9.55 Å². The van der Waals surface area contributed by atoms with Crippen molar-refractivity contribution in [3.8, 4) is 0 Å². The molecule has 80 valence electrons. The quantitative estimate of drug-likeness (QED) is 0.723.